The number of benzene rings is 1. The highest BCUT2D eigenvalue weighted by atomic mass is 16.1. The van der Waals surface area contributed by atoms with Crippen molar-refractivity contribution >= 4 is 6.29 Å². The van der Waals surface area contributed by atoms with E-state index in [0.29, 0.717) is 5.92 Å². The molecule has 1 heteroatoms. The lowest BCUT2D eigenvalue weighted by molar-refractivity contribution is 0.112. The lowest BCUT2D eigenvalue weighted by Crippen LogP contribution is -1.93. The van der Waals surface area contributed by atoms with Crippen LogP contribution in [0, 0.1) is 0 Å². The maximum absolute atomic E-state index is 10.5. The smallest absolute Gasteiger partial charge is 0.150 e. The Morgan fingerprint density at radius 1 is 1.25 bits per heavy atom. The zero-order valence-corrected chi connectivity index (χ0v) is 10.4. The molecule has 16 heavy (non-hydrogen) atoms. The lowest BCUT2D eigenvalue weighted by atomic mass is 9.95. The van der Waals surface area contributed by atoms with Gasteiger partial charge in [-0.2, -0.15) is 0 Å². The third-order valence-corrected chi connectivity index (χ3v) is 2.79. The van der Waals surface area contributed by atoms with E-state index < -0.39 is 0 Å². The van der Waals surface area contributed by atoms with Gasteiger partial charge in [0.1, 0.15) is 6.29 Å². The average molecular weight is 216 g/mol. The summed E-state index contributed by atoms with van der Waals surface area (Å²) in [5.74, 6) is 0.552. The van der Waals surface area contributed by atoms with Crippen LogP contribution >= 0.6 is 0 Å². The van der Waals surface area contributed by atoms with Gasteiger partial charge in [-0.1, -0.05) is 42.8 Å². The second-order valence-corrected chi connectivity index (χ2v) is 4.54. The van der Waals surface area contributed by atoms with E-state index in [9.17, 15) is 4.79 Å². The largest absolute Gasteiger partial charge is 0.298 e. The van der Waals surface area contributed by atoms with Gasteiger partial charge >= 0.3 is 0 Å². The Kier molecular flexibility index (Phi) is 4.97. The SMILES string of the molecule is CC(C)=CCC[C@@H](C)c1ccc(C=O)cc1. The van der Waals surface area contributed by atoms with Gasteiger partial charge in [0.05, 0.1) is 0 Å². The van der Waals surface area contributed by atoms with Crippen LogP contribution in [0.15, 0.2) is 35.9 Å². The topological polar surface area (TPSA) is 17.1 Å². The van der Waals surface area contributed by atoms with Gasteiger partial charge in [-0.15, -0.1) is 0 Å². The molecule has 0 bridgehead atoms. The van der Waals surface area contributed by atoms with E-state index >= 15 is 0 Å². The van der Waals surface area contributed by atoms with Crippen LogP contribution in [0.25, 0.3) is 0 Å². The summed E-state index contributed by atoms with van der Waals surface area (Å²) in [4.78, 5) is 10.5. The Hall–Kier alpha value is -1.37. The van der Waals surface area contributed by atoms with Crippen LogP contribution in [0.4, 0.5) is 0 Å². The van der Waals surface area contributed by atoms with E-state index in [1.807, 2.05) is 12.1 Å². The molecule has 0 N–H and O–H groups in total. The van der Waals surface area contributed by atoms with Crippen LogP contribution in [0.1, 0.15) is 55.5 Å². The van der Waals surface area contributed by atoms with Gasteiger partial charge in [0.15, 0.2) is 0 Å². The number of aldehydes is 1. The van der Waals surface area contributed by atoms with Gasteiger partial charge in [-0.25, -0.2) is 0 Å². The van der Waals surface area contributed by atoms with E-state index in [0.717, 1.165) is 24.7 Å². The molecule has 0 amide bonds. The van der Waals surface area contributed by atoms with Gasteiger partial charge in [0.25, 0.3) is 0 Å². The van der Waals surface area contributed by atoms with E-state index in [4.69, 9.17) is 0 Å². The summed E-state index contributed by atoms with van der Waals surface area (Å²) in [6, 6.07) is 7.88. The van der Waals surface area contributed by atoms with Crippen LogP contribution in [-0.2, 0) is 0 Å². The van der Waals surface area contributed by atoms with Crippen molar-refractivity contribution in [3.8, 4) is 0 Å². The van der Waals surface area contributed by atoms with Crippen molar-refractivity contribution in [1.82, 2.24) is 0 Å². The van der Waals surface area contributed by atoms with Crippen molar-refractivity contribution in [3.05, 3.63) is 47.0 Å². The maximum atomic E-state index is 10.5. The van der Waals surface area contributed by atoms with Crippen LogP contribution in [0.2, 0.25) is 0 Å². The molecule has 0 saturated heterocycles. The minimum Gasteiger partial charge on any atom is -0.298 e. The molecule has 1 rings (SSSR count). The molecule has 0 aliphatic heterocycles. The van der Waals surface area contributed by atoms with Gasteiger partial charge in [-0.05, 0) is 38.2 Å². The summed E-state index contributed by atoms with van der Waals surface area (Å²) >= 11 is 0. The number of hydrogen-bond donors (Lipinski definition) is 0. The molecule has 0 aliphatic rings. The molecule has 0 saturated carbocycles. The van der Waals surface area contributed by atoms with E-state index in [1.165, 1.54) is 11.1 Å². The Labute approximate surface area is 98.2 Å². The van der Waals surface area contributed by atoms with E-state index in [-0.39, 0.29) is 0 Å². The Balaban J connectivity index is 2.55. The Bertz CT molecular complexity index is 356. The number of carbonyl (C=O) groups is 1. The number of allylic oxidation sites excluding steroid dienone is 2. The second kappa shape index (κ2) is 6.26. The Morgan fingerprint density at radius 2 is 1.88 bits per heavy atom. The molecule has 0 aliphatic carbocycles. The molecule has 1 atom stereocenters. The quantitative estimate of drug-likeness (QED) is 0.528. The monoisotopic (exact) mass is 216 g/mol. The predicted molar refractivity (Wildman–Crippen MR) is 68.9 cm³/mol. The summed E-state index contributed by atoms with van der Waals surface area (Å²) in [5.41, 5.74) is 3.44. The third-order valence-electron chi connectivity index (χ3n) is 2.79. The molecule has 1 aromatic carbocycles. The molecule has 86 valence electrons. The summed E-state index contributed by atoms with van der Waals surface area (Å²) < 4.78 is 0. The summed E-state index contributed by atoms with van der Waals surface area (Å²) in [6.07, 6.45) is 5.44. The average Bonchev–Trinajstić information content (AvgIpc) is 2.28. The molecule has 1 aromatic rings. The van der Waals surface area contributed by atoms with Crippen molar-refractivity contribution in [2.24, 2.45) is 0 Å². The third kappa shape index (κ3) is 4.01. The highest BCUT2D eigenvalue weighted by Gasteiger charge is 2.04. The summed E-state index contributed by atoms with van der Waals surface area (Å²) in [6.45, 7) is 6.49. The first-order valence-corrected chi connectivity index (χ1v) is 5.82. The molecule has 0 unspecified atom stereocenters. The van der Waals surface area contributed by atoms with Crippen molar-refractivity contribution in [2.45, 2.75) is 39.5 Å². The van der Waals surface area contributed by atoms with Crippen LogP contribution < -0.4 is 0 Å². The molecule has 0 heterocycles. The molecule has 0 fully saturated rings. The molecular formula is C15H20O. The number of hydrogen-bond acceptors (Lipinski definition) is 1. The Morgan fingerprint density at radius 3 is 2.38 bits per heavy atom. The minimum absolute atomic E-state index is 0.552. The maximum Gasteiger partial charge on any atom is 0.150 e. The van der Waals surface area contributed by atoms with Crippen molar-refractivity contribution in [3.63, 3.8) is 0 Å². The molecule has 0 aromatic heterocycles. The van der Waals surface area contributed by atoms with Gasteiger partial charge < -0.3 is 0 Å². The summed E-state index contributed by atoms with van der Waals surface area (Å²) in [7, 11) is 0. The first-order valence-electron chi connectivity index (χ1n) is 5.82. The number of rotatable bonds is 5. The second-order valence-electron chi connectivity index (χ2n) is 4.54. The first kappa shape index (κ1) is 12.7. The molecular weight excluding hydrogens is 196 g/mol. The number of carbonyl (C=O) groups excluding carboxylic acids is 1. The van der Waals surface area contributed by atoms with E-state index in [2.05, 4.69) is 39.0 Å². The fourth-order valence-electron chi connectivity index (χ4n) is 1.69. The fraction of sp³-hybridized carbons (Fsp3) is 0.400. The zero-order valence-electron chi connectivity index (χ0n) is 10.4. The van der Waals surface area contributed by atoms with Crippen molar-refractivity contribution in [2.75, 3.05) is 0 Å². The van der Waals surface area contributed by atoms with E-state index in [1.54, 1.807) is 0 Å². The summed E-state index contributed by atoms with van der Waals surface area (Å²) in [5, 5.41) is 0. The predicted octanol–water partition coefficient (Wildman–Crippen LogP) is 4.35. The van der Waals surface area contributed by atoms with Crippen LogP contribution in [0.3, 0.4) is 0 Å². The van der Waals surface area contributed by atoms with Crippen LogP contribution in [0.5, 0.6) is 0 Å². The lowest BCUT2D eigenvalue weighted by Gasteiger charge is -2.10. The van der Waals surface area contributed by atoms with Gasteiger partial charge in [0, 0.05) is 5.56 Å². The molecule has 0 radical (unpaired) electrons. The van der Waals surface area contributed by atoms with Crippen molar-refractivity contribution < 1.29 is 4.79 Å². The van der Waals surface area contributed by atoms with Gasteiger partial charge in [0.2, 0.25) is 0 Å². The zero-order chi connectivity index (χ0) is 12.0. The normalized spacial score (nSPS) is 11.9. The molecule has 0 spiro atoms. The van der Waals surface area contributed by atoms with Crippen molar-refractivity contribution in [1.29, 1.82) is 0 Å². The molecule has 1 nitrogen and oxygen atoms in total. The standard InChI is InChI=1S/C15H20O/c1-12(2)5-4-6-13(3)15-9-7-14(11-16)8-10-15/h5,7-11,13H,4,6H2,1-3H3/t13-/m1/s1. The highest BCUT2D eigenvalue weighted by molar-refractivity contribution is 5.74. The van der Waals surface area contributed by atoms with Gasteiger partial charge in [-0.3, -0.25) is 4.79 Å². The first-order chi connectivity index (χ1) is 7.63. The highest BCUT2D eigenvalue weighted by Crippen LogP contribution is 2.21. The van der Waals surface area contributed by atoms with Crippen LogP contribution in [-0.4, -0.2) is 6.29 Å². The minimum atomic E-state index is 0.552. The fourth-order valence-corrected chi connectivity index (χ4v) is 1.69.